The maximum Gasteiger partial charge on any atom is 0.133 e. The average molecular weight is 510 g/mol. The van der Waals surface area contributed by atoms with Crippen LogP contribution in [0.15, 0.2) is 42.5 Å². The van der Waals surface area contributed by atoms with Gasteiger partial charge in [-0.05, 0) is 99.2 Å². The highest BCUT2D eigenvalue weighted by molar-refractivity contribution is 5.97. The third-order valence-electron chi connectivity index (χ3n) is 9.25. The first kappa shape index (κ1) is 25.5. The van der Waals surface area contributed by atoms with E-state index in [1.807, 2.05) is 0 Å². The summed E-state index contributed by atoms with van der Waals surface area (Å²) in [4.78, 5) is 12.9. The molecule has 2 saturated heterocycles. The number of aryl methyl sites for hydroxylation is 1. The average Bonchev–Trinajstić information content (AvgIpc) is 2.92. The Bertz CT molecular complexity index is 1290. The molecule has 38 heavy (non-hydrogen) atoms. The molecule has 1 aromatic heterocycles. The summed E-state index contributed by atoms with van der Waals surface area (Å²) in [6.07, 6.45) is 13.5. The third-order valence-corrected chi connectivity index (χ3v) is 9.25. The molecule has 3 fully saturated rings. The van der Waals surface area contributed by atoms with Crippen LogP contribution in [0.3, 0.4) is 0 Å². The lowest BCUT2D eigenvalue weighted by Crippen LogP contribution is -2.58. The van der Waals surface area contributed by atoms with E-state index in [2.05, 4.69) is 72.6 Å². The lowest BCUT2D eigenvalue weighted by molar-refractivity contribution is -0.0277. The number of rotatable bonds is 10. The molecule has 2 aliphatic heterocycles. The quantitative estimate of drug-likeness (QED) is 0.302. The number of hydrogen-bond donors (Lipinski definition) is 2. The van der Waals surface area contributed by atoms with E-state index < -0.39 is 0 Å². The second-order valence-corrected chi connectivity index (χ2v) is 12.0. The van der Waals surface area contributed by atoms with Crippen LogP contribution >= 0.6 is 0 Å². The van der Waals surface area contributed by atoms with Gasteiger partial charge in [0, 0.05) is 36.7 Å². The van der Waals surface area contributed by atoms with Crippen molar-refractivity contribution < 1.29 is 0 Å². The zero-order valence-electron chi connectivity index (χ0n) is 23.1. The highest BCUT2D eigenvalue weighted by atomic mass is 15.3. The van der Waals surface area contributed by atoms with E-state index in [1.165, 1.54) is 60.6 Å². The lowest BCUT2D eigenvalue weighted by atomic mass is 9.79. The normalized spacial score (nSPS) is 25.2. The molecule has 1 aliphatic carbocycles. The van der Waals surface area contributed by atoms with Gasteiger partial charge in [-0.15, -0.1) is 0 Å². The highest BCUT2D eigenvalue weighted by Crippen LogP contribution is 2.38. The van der Waals surface area contributed by atoms with E-state index in [-0.39, 0.29) is 0 Å². The van der Waals surface area contributed by atoms with Crippen LogP contribution in [0.5, 0.6) is 0 Å². The Morgan fingerprint density at radius 1 is 1.03 bits per heavy atom. The number of hydrogen-bond acceptors (Lipinski definition) is 5. The van der Waals surface area contributed by atoms with Crippen LogP contribution in [-0.2, 0) is 6.42 Å². The monoisotopic (exact) mass is 509 g/mol. The number of unbranched alkanes of at least 4 members (excludes halogenated alkanes) is 1. The molecule has 2 unspecified atom stereocenters. The minimum Gasteiger partial charge on any atom is -0.369 e. The first-order valence-electron chi connectivity index (χ1n) is 14.8. The predicted molar refractivity (Wildman–Crippen MR) is 159 cm³/mol. The number of anilines is 1. The highest BCUT2D eigenvalue weighted by Gasteiger charge is 2.40. The molecule has 2 aromatic carbocycles. The number of nitrogens with zero attached hydrogens (tertiary/aromatic N) is 3. The fourth-order valence-corrected chi connectivity index (χ4v) is 6.90. The first-order valence-corrected chi connectivity index (χ1v) is 14.8. The molecular formula is C33H43N5. The van der Waals surface area contributed by atoms with Gasteiger partial charge in [0.05, 0.1) is 5.69 Å². The van der Waals surface area contributed by atoms with Crippen LogP contribution in [0, 0.1) is 12.8 Å². The van der Waals surface area contributed by atoms with Crippen LogP contribution in [0.25, 0.3) is 22.4 Å². The van der Waals surface area contributed by atoms with Crippen molar-refractivity contribution in [1.29, 1.82) is 0 Å². The molecule has 0 amide bonds. The van der Waals surface area contributed by atoms with Crippen molar-refractivity contribution in [3.8, 4) is 0 Å². The Kier molecular flexibility index (Phi) is 7.49. The molecule has 5 nitrogen and oxygen atoms in total. The fourth-order valence-electron chi connectivity index (χ4n) is 6.90. The molecule has 200 valence electrons. The summed E-state index contributed by atoms with van der Waals surface area (Å²) in [5.74, 6) is 2.60. The SMILES string of the molecule is C/C(=C\c1nc(CCCCN2C3CCCC2C3)nc(NCC2CC(N)C2)c1C)c1cccc2ccccc12. The zero-order valence-corrected chi connectivity index (χ0v) is 23.1. The van der Waals surface area contributed by atoms with Gasteiger partial charge in [0.25, 0.3) is 0 Å². The van der Waals surface area contributed by atoms with Crippen molar-refractivity contribution in [1.82, 2.24) is 14.9 Å². The minimum absolute atomic E-state index is 0.372. The van der Waals surface area contributed by atoms with Crippen LogP contribution in [0.4, 0.5) is 5.82 Å². The maximum atomic E-state index is 6.03. The largest absolute Gasteiger partial charge is 0.369 e. The number of allylic oxidation sites excluding steroid dienone is 1. The summed E-state index contributed by atoms with van der Waals surface area (Å²) in [5.41, 5.74) is 10.7. The lowest BCUT2D eigenvalue weighted by Gasteiger charge is -2.53. The van der Waals surface area contributed by atoms with E-state index in [0.717, 1.165) is 67.2 Å². The zero-order chi connectivity index (χ0) is 26.1. The van der Waals surface area contributed by atoms with Gasteiger partial charge in [0.15, 0.2) is 0 Å². The number of nitrogens with two attached hydrogens (primary N) is 1. The van der Waals surface area contributed by atoms with Crippen molar-refractivity contribution >= 4 is 28.2 Å². The summed E-state index contributed by atoms with van der Waals surface area (Å²) in [6, 6.07) is 17.3. The smallest absolute Gasteiger partial charge is 0.133 e. The molecule has 3 aliphatic rings. The molecule has 2 atom stereocenters. The van der Waals surface area contributed by atoms with Gasteiger partial charge in [-0.3, -0.25) is 4.90 Å². The Morgan fingerprint density at radius 3 is 2.61 bits per heavy atom. The van der Waals surface area contributed by atoms with Gasteiger partial charge in [0.1, 0.15) is 11.6 Å². The predicted octanol–water partition coefficient (Wildman–Crippen LogP) is 6.60. The second kappa shape index (κ2) is 11.2. The number of fused-ring (bicyclic) bond motifs is 3. The van der Waals surface area contributed by atoms with E-state index in [9.17, 15) is 0 Å². The van der Waals surface area contributed by atoms with Crippen LogP contribution in [0.1, 0.15) is 80.9 Å². The van der Waals surface area contributed by atoms with Gasteiger partial charge >= 0.3 is 0 Å². The molecular weight excluding hydrogens is 466 g/mol. The number of benzene rings is 2. The Balaban J connectivity index is 1.20. The van der Waals surface area contributed by atoms with E-state index in [1.54, 1.807) is 0 Å². The van der Waals surface area contributed by atoms with Gasteiger partial charge < -0.3 is 11.1 Å². The second-order valence-electron chi connectivity index (χ2n) is 12.0. The van der Waals surface area contributed by atoms with Crippen molar-refractivity contribution in [3.05, 3.63) is 65.1 Å². The topological polar surface area (TPSA) is 67.1 Å². The van der Waals surface area contributed by atoms with E-state index in [0.29, 0.717) is 12.0 Å². The Hall–Kier alpha value is -2.76. The Labute approximate surface area is 227 Å². The molecule has 3 aromatic rings. The van der Waals surface area contributed by atoms with Crippen molar-refractivity contribution in [2.24, 2.45) is 11.7 Å². The Morgan fingerprint density at radius 2 is 1.82 bits per heavy atom. The standard InChI is InChI=1S/C33H43N5/c1-22(29-14-7-10-25-9-3-4-13-30(25)29)17-31-23(2)33(35-21-24-18-26(34)19-24)37-32(36-31)15-5-6-16-38-27-11-8-12-28(38)20-27/h3-4,7,9-10,13-14,17,24,26-28H,5-6,8,11-12,15-16,18-21,34H2,1-2H3,(H,35,36,37)/b22-17+. The third kappa shape index (κ3) is 5.37. The van der Waals surface area contributed by atoms with Gasteiger partial charge in [-0.25, -0.2) is 9.97 Å². The van der Waals surface area contributed by atoms with E-state index >= 15 is 0 Å². The summed E-state index contributed by atoms with van der Waals surface area (Å²) in [7, 11) is 0. The molecule has 3 heterocycles. The van der Waals surface area contributed by atoms with Crippen molar-refractivity contribution in [2.75, 3.05) is 18.4 Å². The van der Waals surface area contributed by atoms with Crippen molar-refractivity contribution in [3.63, 3.8) is 0 Å². The first-order chi connectivity index (χ1) is 18.5. The number of nitrogens with one attached hydrogen (secondary N) is 1. The van der Waals surface area contributed by atoms with Crippen LogP contribution in [-0.4, -0.2) is 46.1 Å². The molecule has 2 bridgehead atoms. The van der Waals surface area contributed by atoms with Crippen LogP contribution in [0.2, 0.25) is 0 Å². The minimum atomic E-state index is 0.372. The van der Waals surface area contributed by atoms with Gasteiger partial charge in [0.2, 0.25) is 0 Å². The van der Waals surface area contributed by atoms with Crippen molar-refractivity contribution in [2.45, 2.75) is 89.8 Å². The number of aromatic nitrogens is 2. The molecule has 0 radical (unpaired) electrons. The van der Waals surface area contributed by atoms with Crippen LogP contribution < -0.4 is 11.1 Å². The molecule has 1 saturated carbocycles. The van der Waals surface area contributed by atoms with E-state index in [4.69, 9.17) is 15.7 Å². The van der Waals surface area contributed by atoms with Gasteiger partial charge in [-0.2, -0.15) is 0 Å². The number of piperidine rings is 1. The summed E-state index contributed by atoms with van der Waals surface area (Å²) >= 11 is 0. The summed E-state index contributed by atoms with van der Waals surface area (Å²) < 4.78 is 0. The molecule has 3 N–H and O–H groups in total. The fraction of sp³-hybridized carbons (Fsp3) is 0.515. The van der Waals surface area contributed by atoms with Gasteiger partial charge in [-0.1, -0.05) is 48.9 Å². The molecule has 0 spiro atoms. The molecule has 5 heteroatoms. The maximum absolute atomic E-state index is 6.03. The summed E-state index contributed by atoms with van der Waals surface area (Å²) in [5, 5.41) is 6.22. The summed E-state index contributed by atoms with van der Waals surface area (Å²) in [6.45, 7) is 6.54. The molecule has 6 rings (SSSR count).